The average molecular weight is 408 g/mol. The molecule has 7 nitrogen and oxygen atoms in total. The van der Waals surface area contributed by atoms with E-state index in [1.807, 2.05) is 13.0 Å². The highest BCUT2D eigenvalue weighted by atomic mass is 32.1. The molecule has 1 aromatic rings. The zero-order valence-electron chi connectivity index (χ0n) is 15.8. The highest BCUT2D eigenvalue weighted by Gasteiger charge is 2.41. The maximum atomic E-state index is 12.7. The quantitative estimate of drug-likeness (QED) is 0.390. The van der Waals surface area contributed by atoms with E-state index in [2.05, 4.69) is 13.2 Å². The highest BCUT2D eigenvalue weighted by Crippen LogP contribution is 2.25. The lowest BCUT2D eigenvalue weighted by Crippen LogP contribution is -2.34. The van der Waals surface area contributed by atoms with E-state index in [-0.39, 0.29) is 27.5 Å². The minimum absolute atomic E-state index is 0.00798. The van der Waals surface area contributed by atoms with Crippen LogP contribution in [0.1, 0.15) is 38.3 Å². The fraction of sp³-hybridized carbons (Fsp3) is 0.0952. The summed E-state index contributed by atoms with van der Waals surface area (Å²) in [6.07, 6.45) is 14.6. The van der Waals surface area contributed by atoms with Gasteiger partial charge in [-0.3, -0.25) is 25.2 Å². The van der Waals surface area contributed by atoms with E-state index in [1.165, 1.54) is 12.3 Å². The van der Waals surface area contributed by atoms with E-state index < -0.39 is 17.7 Å². The van der Waals surface area contributed by atoms with E-state index in [0.29, 0.717) is 5.57 Å². The summed E-state index contributed by atoms with van der Waals surface area (Å²) >= 11 is 0.732. The van der Waals surface area contributed by atoms with Gasteiger partial charge in [0.2, 0.25) is 0 Å². The summed E-state index contributed by atoms with van der Waals surface area (Å²) in [4.78, 5) is 38.5. The van der Waals surface area contributed by atoms with Crippen LogP contribution in [0.15, 0.2) is 73.5 Å². The van der Waals surface area contributed by atoms with E-state index in [0.717, 1.165) is 20.8 Å². The molecule has 2 heterocycles. The number of aromatic nitrogens is 1. The molecule has 0 spiro atoms. The molecule has 0 aromatic carbocycles. The zero-order valence-corrected chi connectivity index (χ0v) is 16.7. The number of nitrogens with zero attached hydrogens (tertiary/aromatic N) is 2. The van der Waals surface area contributed by atoms with Gasteiger partial charge in [-0.2, -0.15) is 0 Å². The molecule has 29 heavy (non-hydrogen) atoms. The lowest BCUT2D eigenvalue weighted by atomic mass is 10.1. The molecule has 0 unspecified atom stereocenters. The van der Waals surface area contributed by atoms with Crippen molar-refractivity contribution in [3.05, 3.63) is 88.9 Å². The highest BCUT2D eigenvalue weighted by molar-refractivity contribution is 7.12. The molecule has 148 valence electrons. The number of nitrogens with one attached hydrogen (secondary N) is 2. The molecule has 1 aromatic heterocycles. The van der Waals surface area contributed by atoms with E-state index in [1.54, 1.807) is 36.5 Å². The van der Waals surface area contributed by atoms with Crippen LogP contribution in [-0.2, 0) is 0 Å². The maximum absolute atomic E-state index is 12.7. The van der Waals surface area contributed by atoms with Crippen molar-refractivity contribution in [2.75, 3.05) is 0 Å². The predicted octanol–water partition coefficient (Wildman–Crippen LogP) is 3.62. The predicted molar refractivity (Wildman–Crippen MR) is 113 cm³/mol. The van der Waals surface area contributed by atoms with E-state index >= 15 is 0 Å². The molecule has 0 atom stereocenters. The van der Waals surface area contributed by atoms with Gasteiger partial charge in [0, 0.05) is 12.6 Å². The number of fused-ring (bicyclic) bond motifs is 1. The third kappa shape index (κ3) is 4.61. The Bertz CT molecular complexity index is 1080. The summed E-state index contributed by atoms with van der Waals surface area (Å²) in [7, 11) is 0. The summed E-state index contributed by atoms with van der Waals surface area (Å²) < 4.78 is 0.816. The molecule has 0 fully saturated rings. The van der Waals surface area contributed by atoms with Crippen LogP contribution in [0.2, 0.25) is 0 Å². The molecule has 0 bridgehead atoms. The van der Waals surface area contributed by atoms with Crippen LogP contribution in [0, 0.1) is 10.8 Å². The van der Waals surface area contributed by atoms with Gasteiger partial charge in [0.1, 0.15) is 16.3 Å². The monoisotopic (exact) mass is 408 g/mol. The van der Waals surface area contributed by atoms with E-state index in [4.69, 9.17) is 10.8 Å². The molecule has 0 saturated carbocycles. The second-order valence-electron chi connectivity index (χ2n) is 5.87. The minimum Gasteiger partial charge on any atom is -0.299 e. The van der Waals surface area contributed by atoms with Gasteiger partial charge in [-0.1, -0.05) is 67.0 Å². The number of allylic oxidation sites excluding steroid dienone is 9. The molecule has 1 aliphatic heterocycles. The fourth-order valence-corrected chi connectivity index (χ4v) is 3.37. The Balaban J connectivity index is 2.31. The summed E-state index contributed by atoms with van der Waals surface area (Å²) in [6, 6.07) is 0. The molecule has 1 aliphatic rings. The van der Waals surface area contributed by atoms with Crippen molar-refractivity contribution in [1.29, 1.82) is 10.8 Å². The largest absolute Gasteiger partial charge is 0.299 e. The average Bonchev–Trinajstić information content (AvgIpc) is 3.14. The number of hydrogen-bond donors (Lipinski definition) is 2. The third-order valence-corrected chi connectivity index (χ3v) is 4.72. The molecule has 2 rings (SSSR count). The van der Waals surface area contributed by atoms with Crippen LogP contribution < -0.4 is 4.80 Å². The second kappa shape index (κ2) is 9.52. The number of rotatable bonds is 8. The number of carbonyl (C=O) groups is 3. The number of amides is 2. The van der Waals surface area contributed by atoms with Gasteiger partial charge in [0.25, 0.3) is 17.7 Å². The van der Waals surface area contributed by atoms with Crippen LogP contribution in [0.5, 0.6) is 0 Å². The maximum Gasteiger partial charge on any atom is 0.283 e. The molecule has 0 aliphatic carbocycles. The first-order valence-corrected chi connectivity index (χ1v) is 9.38. The molecular weight excluding hydrogens is 388 g/mol. The number of hydrogen-bond acceptors (Lipinski definition) is 6. The summed E-state index contributed by atoms with van der Waals surface area (Å²) in [5.41, 5.74) is -0.0254. The van der Waals surface area contributed by atoms with Crippen molar-refractivity contribution < 1.29 is 14.4 Å². The molecule has 8 heteroatoms. The van der Waals surface area contributed by atoms with Gasteiger partial charge < -0.3 is 0 Å². The summed E-state index contributed by atoms with van der Waals surface area (Å²) in [5, 5.41) is 16.0. The van der Waals surface area contributed by atoms with Crippen LogP contribution in [0.4, 0.5) is 0 Å². The third-order valence-electron chi connectivity index (χ3n) is 3.77. The van der Waals surface area contributed by atoms with Crippen molar-refractivity contribution >= 4 is 34.8 Å². The SMILES string of the molecule is C=C/C=C\C(=C)CC(=N)C(=O)n1c2c(sc1=N)C(=O)N(/C=C/C=C\C=C/C)C2=O. The number of imide groups is 1. The van der Waals surface area contributed by atoms with Crippen LogP contribution >= 0.6 is 11.3 Å². The van der Waals surface area contributed by atoms with Crippen LogP contribution in [-0.4, -0.2) is 32.9 Å². The van der Waals surface area contributed by atoms with Gasteiger partial charge in [0.15, 0.2) is 4.80 Å². The van der Waals surface area contributed by atoms with E-state index in [9.17, 15) is 14.4 Å². The van der Waals surface area contributed by atoms with Crippen molar-refractivity contribution in [3.8, 4) is 0 Å². The first-order chi connectivity index (χ1) is 13.8. The molecule has 2 amide bonds. The van der Waals surface area contributed by atoms with Crippen molar-refractivity contribution in [2.24, 2.45) is 0 Å². The molecule has 0 saturated heterocycles. The molecular formula is C21H20N4O3S. The Morgan fingerprint density at radius 2 is 1.83 bits per heavy atom. The Morgan fingerprint density at radius 3 is 2.48 bits per heavy atom. The van der Waals surface area contributed by atoms with Gasteiger partial charge in [-0.05, 0) is 18.6 Å². The van der Waals surface area contributed by atoms with Crippen molar-refractivity contribution in [3.63, 3.8) is 0 Å². The standard InChI is InChI=1S/C21H20N4O3S/c1-4-6-8-9-10-12-24-19(27)16-17(20(24)28)29-21(23)25(16)18(26)15(22)13-14(3)11-7-5-2/h4-12,22-23H,2-3,13H2,1H3/b6-4-,9-8-,11-7-,12-10+,22-15?,23-21?. The van der Waals surface area contributed by atoms with Gasteiger partial charge in [-0.15, -0.1) is 0 Å². The van der Waals surface area contributed by atoms with Crippen LogP contribution in [0.25, 0.3) is 0 Å². The first kappa shape index (κ1) is 21.6. The smallest absolute Gasteiger partial charge is 0.283 e. The number of thiazole rings is 1. The summed E-state index contributed by atoms with van der Waals surface area (Å²) in [6.45, 7) is 9.15. The molecule has 2 N–H and O–H groups in total. The second-order valence-corrected chi connectivity index (χ2v) is 6.87. The van der Waals surface area contributed by atoms with Gasteiger partial charge in [-0.25, -0.2) is 9.47 Å². The Kier molecular flexibility index (Phi) is 7.10. The minimum atomic E-state index is -0.833. The Morgan fingerprint density at radius 1 is 1.14 bits per heavy atom. The topological polar surface area (TPSA) is 107 Å². The first-order valence-electron chi connectivity index (χ1n) is 8.57. The molecule has 0 radical (unpaired) electrons. The zero-order chi connectivity index (χ0) is 21.6. The summed E-state index contributed by atoms with van der Waals surface area (Å²) in [5.74, 6) is -2.14. The van der Waals surface area contributed by atoms with Crippen LogP contribution in [0.3, 0.4) is 0 Å². The fourth-order valence-electron chi connectivity index (χ4n) is 2.45. The number of carbonyl (C=O) groups excluding carboxylic acids is 3. The van der Waals surface area contributed by atoms with Crippen molar-refractivity contribution in [1.82, 2.24) is 9.47 Å². The lowest BCUT2D eigenvalue weighted by molar-refractivity contribution is 0.0713. The lowest BCUT2D eigenvalue weighted by Gasteiger charge is -2.09. The van der Waals surface area contributed by atoms with Gasteiger partial charge >= 0.3 is 0 Å². The normalized spacial score (nSPS) is 14.0. The Labute approximate surface area is 172 Å². The van der Waals surface area contributed by atoms with Gasteiger partial charge in [0.05, 0.1) is 0 Å². The van der Waals surface area contributed by atoms with Crippen molar-refractivity contribution in [2.45, 2.75) is 13.3 Å². The Hall–Kier alpha value is -3.65.